The molecule has 1 aliphatic carbocycles. The van der Waals surface area contributed by atoms with Gasteiger partial charge in [-0.3, -0.25) is 4.79 Å². The summed E-state index contributed by atoms with van der Waals surface area (Å²) in [6.45, 7) is 0. The first kappa shape index (κ1) is 18.8. The number of nitrogens with one attached hydrogen (secondary N) is 2. The van der Waals surface area contributed by atoms with Crippen LogP contribution in [0.2, 0.25) is 0 Å². The Hall–Kier alpha value is -2.03. The molecular formula is C18H19BrFN3O3. The predicted molar refractivity (Wildman–Crippen MR) is 98.7 cm³/mol. The Morgan fingerprint density at radius 1 is 1.23 bits per heavy atom. The highest BCUT2D eigenvalue weighted by Gasteiger charge is 2.31. The lowest BCUT2D eigenvalue weighted by Gasteiger charge is -2.32. The Morgan fingerprint density at radius 3 is 2.81 bits per heavy atom. The van der Waals surface area contributed by atoms with E-state index in [4.69, 9.17) is 0 Å². The van der Waals surface area contributed by atoms with E-state index in [2.05, 4.69) is 31.5 Å². The number of rotatable bonds is 4. The number of nitrogens with zero attached hydrogens (tertiary/aromatic N) is 1. The Balaban J connectivity index is 1.71. The highest BCUT2D eigenvalue weighted by atomic mass is 79.9. The number of carbonyl (C=O) groups is 1. The van der Waals surface area contributed by atoms with E-state index >= 15 is 0 Å². The molecule has 138 valence electrons. The fourth-order valence-electron chi connectivity index (χ4n) is 2.93. The fourth-order valence-corrected chi connectivity index (χ4v) is 3.27. The molecule has 1 fully saturated rings. The van der Waals surface area contributed by atoms with Crippen LogP contribution < -0.4 is 10.6 Å². The Labute approximate surface area is 158 Å². The SMILES string of the molecule is O=C(N[C@@H]1CCC[C@@H](O)[C@H]1O)c1ccnc(Nc2ccc(Br)cc2F)c1. The first-order valence-electron chi connectivity index (χ1n) is 8.29. The van der Waals surface area contributed by atoms with Crippen LogP contribution in [0.1, 0.15) is 29.6 Å². The fraction of sp³-hybridized carbons (Fsp3) is 0.333. The first-order chi connectivity index (χ1) is 12.4. The summed E-state index contributed by atoms with van der Waals surface area (Å²) >= 11 is 3.19. The van der Waals surface area contributed by atoms with Crippen molar-refractivity contribution in [2.75, 3.05) is 5.32 Å². The van der Waals surface area contributed by atoms with Gasteiger partial charge >= 0.3 is 0 Å². The zero-order valence-electron chi connectivity index (χ0n) is 13.8. The maximum atomic E-state index is 13.9. The maximum Gasteiger partial charge on any atom is 0.251 e. The van der Waals surface area contributed by atoms with Crippen LogP contribution in [-0.2, 0) is 0 Å². The number of aliphatic hydroxyl groups is 2. The van der Waals surface area contributed by atoms with Crippen LogP contribution in [0.3, 0.4) is 0 Å². The Morgan fingerprint density at radius 2 is 2.04 bits per heavy atom. The number of carbonyl (C=O) groups excluding carboxylic acids is 1. The van der Waals surface area contributed by atoms with E-state index in [0.29, 0.717) is 28.7 Å². The van der Waals surface area contributed by atoms with Gasteiger partial charge in [0.05, 0.1) is 23.9 Å². The third-order valence-electron chi connectivity index (χ3n) is 4.35. The molecule has 8 heteroatoms. The third-order valence-corrected chi connectivity index (χ3v) is 4.85. The van der Waals surface area contributed by atoms with Gasteiger partial charge in [-0.05, 0) is 49.6 Å². The zero-order chi connectivity index (χ0) is 18.7. The van der Waals surface area contributed by atoms with Crippen molar-refractivity contribution in [3.63, 3.8) is 0 Å². The number of pyridine rings is 1. The quantitative estimate of drug-likeness (QED) is 0.606. The number of aliphatic hydroxyl groups excluding tert-OH is 2. The number of hydrogen-bond acceptors (Lipinski definition) is 5. The summed E-state index contributed by atoms with van der Waals surface area (Å²) in [4.78, 5) is 16.5. The molecule has 4 N–H and O–H groups in total. The van der Waals surface area contributed by atoms with E-state index in [-0.39, 0.29) is 11.6 Å². The molecule has 0 unspecified atom stereocenters. The van der Waals surface area contributed by atoms with Crippen molar-refractivity contribution in [1.29, 1.82) is 0 Å². The molecule has 1 aromatic carbocycles. The lowest BCUT2D eigenvalue weighted by Crippen LogP contribution is -2.51. The molecule has 0 aliphatic heterocycles. The van der Waals surface area contributed by atoms with E-state index in [1.807, 2.05) is 0 Å². The Bertz CT molecular complexity index is 805. The van der Waals surface area contributed by atoms with Crippen molar-refractivity contribution in [3.05, 3.63) is 52.4 Å². The van der Waals surface area contributed by atoms with Gasteiger partial charge in [-0.1, -0.05) is 15.9 Å². The van der Waals surface area contributed by atoms with Gasteiger partial charge in [-0.25, -0.2) is 9.37 Å². The van der Waals surface area contributed by atoms with Gasteiger partial charge in [0.2, 0.25) is 0 Å². The van der Waals surface area contributed by atoms with Gasteiger partial charge in [-0.15, -0.1) is 0 Å². The summed E-state index contributed by atoms with van der Waals surface area (Å²) in [5.74, 6) is -0.511. The van der Waals surface area contributed by atoms with Gasteiger partial charge in [0.25, 0.3) is 5.91 Å². The first-order valence-corrected chi connectivity index (χ1v) is 9.08. The largest absolute Gasteiger partial charge is 0.390 e. The highest BCUT2D eigenvalue weighted by molar-refractivity contribution is 9.10. The molecular weight excluding hydrogens is 405 g/mol. The number of hydrogen-bond donors (Lipinski definition) is 4. The molecule has 1 aliphatic rings. The van der Waals surface area contributed by atoms with E-state index in [1.54, 1.807) is 12.1 Å². The topological polar surface area (TPSA) is 94.5 Å². The summed E-state index contributed by atoms with van der Waals surface area (Å²) in [5.41, 5.74) is 0.566. The van der Waals surface area contributed by atoms with Crippen LogP contribution >= 0.6 is 15.9 Å². The van der Waals surface area contributed by atoms with Crippen LogP contribution in [0.5, 0.6) is 0 Å². The van der Waals surface area contributed by atoms with E-state index in [1.165, 1.54) is 24.4 Å². The van der Waals surface area contributed by atoms with Crippen LogP contribution in [0.15, 0.2) is 41.0 Å². The Kier molecular flexibility index (Phi) is 5.85. The smallest absolute Gasteiger partial charge is 0.251 e. The van der Waals surface area contributed by atoms with Crippen molar-refractivity contribution >= 4 is 33.3 Å². The molecule has 3 rings (SSSR count). The monoisotopic (exact) mass is 423 g/mol. The van der Waals surface area contributed by atoms with Crippen molar-refractivity contribution in [2.24, 2.45) is 0 Å². The molecule has 6 nitrogen and oxygen atoms in total. The molecule has 1 amide bonds. The van der Waals surface area contributed by atoms with Gasteiger partial charge in [0, 0.05) is 16.2 Å². The van der Waals surface area contributed by atoms with Crippen LogP contribution in [-0.4, -0.2) is 39.4 Å². The second-order valence-electron chi connectivity index (χ2n) is 6.25. The molecule has 3 atom stereocenters. The number of halogens is 2. The van der Waals surface area contributed by atoms with E-state index in [0.717, 1.165) is 6.42 Å². The molecule has 1 aromatic heterocycles. The molecule has 26 heavy (non-hydrogen) atoms. The minimum absolute atomic E-state index is 0.240. The number of anilines is 2. The van der Waals surface area contributed by atoms with Crippen molar-refractivity contribution in [3.8, 4) is 0 Å². The lowest BCUT2D eigenvalue weighted by atomic mass is 9.90. The molecule has 1 saturated carbocycles. The normalized spacial score (nSPS) is 22.7. The summed E-state index contributed by atoms with van der Waals surface area (Å²) < 4.78 is 14.6. The second kappa shape index (κ2) is 8.11. The summed E-state index contributed by atoms with van der Waals surface area (Å²) in [7, 11) is 0. The molecule has 0 bridgehead atoms. The average molecular weight is 424 g/mol. The van der Waals surface area contributed by atoms with E-state index < -0.39 is 24.1 Å². The summed E-state index contributed by atoms with van der Waals surface area (Å²) in [6.07, 6.45) is 1.49. The zero-order valence-corrected chi connectivity index (χ0v) is 15.4. The number of aromatic nitrogens is 1. The van der Waals surface area contributed by atoms with Crippen molar-refractivity contribution in [2.45, 2.75) is 37.5 Å². The standard InChI is InChI=1S/C18H19BrFN3O3/c19-11-4-5-13(12(20)9-11)22-16-8-10(6-7-21-16)18(26)23-14-2-1-3-15(24)17(14)25/h4-9,14-15,17,24-25H,1-3H2,(H,21,22)(H,23,26)/t14-,15-,17+/m1/s1. The summed E-state index contributed by atoms with van der Waals surface area (Å²) in [6, 6.07) is 7.12. The average Bonchev–Trinajstić information content (AvgIpc) is 2.61. The third kappa shape index (κ3) is 4.38. The lowest BCUT2D eigenvalue weighted by molar-refractivity contribution is -0.0278. The van der Waals surface area contributed by atoms with Crippen LogP contribution in [0.4, 0.5) is 15.9 Å². The maximum absolute atomic E-state index is 13.9. The number of amides is 1. The highest BCUT2D eigenvalue weighted by Crippen LogP contribution is 2.23. The number of benzene rings is 1. The van der Waals surface area contributed by atoms with Gasteiger partial charge < -0.3 is 20.8 Å². The van der Waals surface area contributed by atoms with Gasteiger partial charge in [-0.2, -0.15) is 0 Å². The van der Waals surface area contributed by atoms with Crippen molar-refractivity contribution in [1.82, 2.24) is 10.3 Å². The minimum Gasteiger partial charge on any atom is -0.390 e. The molecule has 0 radical (unpaired) electrons. The molecule has 0 saturated heterocycles. The van der Waals surface area contributed by atoms with Gasteiger partial charge in [0.15, 0.2) is 0 Å². The second-order valence-corrected chi connectivity index (χ2v) is 7.16. The molecule has 2 aromatic rings. The predicted octanol–water partition coefficient (Wildman–Crippen LogP) is 2.73. The summed E-state index contributed by atoms with van der Waals surface area (Å²) in [5, 5.41) is 25.3. The van der Waals surface area contributed by atoms with Crippen LogP contribution in [0.25, 0.3) is 0 Å². The van der Waals surface area contributed by atoms with Crippen molar-refractivity contribution < 1.29 is 19.4 Å². The minimum atomic E-state index is -0.982. The molecule has 0 spiro atoms. The van der Waals surface area contributed by atoms with Crippen LogP contribution in [0, 0.1) is 5.82 Å². The van der Waals surface area contributed by atoms with E-state index in [9.17, 15) is 19.4 Å². The molecule has 1 heterocycles. The van der Waals surface area contributed by atoms with Gasteiger partial charge in [0.1, 0.15) is 11.6 Å².